The van der Waals surface area contributed by atoms with Gasteiger partial charge in [0.15, 0.2) is 0 Å². The topological polar surface area (TPSA) is 68.3 Å². The van der Waals surface area contributed by atoms with Gasteiger partial charge >= 0.3 is 0 Å². The van der Waals surface area contributed by atoms with Crippen molar-refractivity contribution >= 4 is 94.1 Å². The second-order valence-corrected chi connectivity index (χ2v) is 6.39. The van der Waals surface area contributed by atoms with Crippen LogP contribution in [-0.4, -0.2) is 18.8 Å². The molecule has 1 aromatic carbocycles. The van der Waals surface area contributed by atoms with E-state index in [4.69, 9.17) is 11.6 Å². The first-order valence-corrected chi connectivity index (χ1v) is 7.89. The summed E-state index contributed by atoms with van der Waals surface area (Å²) in [7, 11) is 0. The number of rotatable bonds is 4. The van der Waals surface area contributed by atoms with Gasteiger partial charge in [-0.3, -0.25) is 19.2 Å². The third-order valence-corrected chi connectivity index (χ3v) is 4.11. The minimum absolute atomic E-state index is 0.118. The summed E-state index contributed by atoms with van der Waals surface area (Å²) in [5, 5.41) is -0.281. The first kappa shape index (κ1) is 17.2. The molecule has 0 bridgehead atoms. The fourth-order valence-electron chi connectivity index (χ4n) is 1.34. The summed E-state index contributed by atoms with van der Waals surface area (Å²) in [5.41, 5.74) is -0.618. The van der Waals surface area contributed by atoms with Gasteiger partial charge in [0.25, 0.3) is 0 Å². The Bertz CT molecular complexity index is 576. The first-order valence-electron chi connectivity index (χ1n) is 4.34. The van der Waals surface area contributed by atoms with E-state index in [0.29, 0.717) is 0 Å². The van der Waals surface area contributed by atoms with Crippen LogP contribution in [0, 0.1) is 0 Å². The molecule has 0 aromatic heterocycles. The van der Waals surface area contributed by atoms with E-state index < -0.39 is 18.8 Å². The Morgan fingerprint density at radius 2 is 1.05 bits per heavy atom. The standard InChI is InChI=1S/C10HBr4ClO4/c11-7(16)2-1-3(8(12)17)5(10(14)19)6(15)4(2)9(13)18/h1H. The highest BCUT2D eigenvalue weighted by molar-refractivity contribution is 9.19. The van der Waals surface area contributed by atoms with Crippen molar-refractivity contribution in [2.24, 2.45) is 0 Å². The second-order valence-electron chi connectivity index (χ2n) is 3.13. The van der Waals surface area contributed by atoms with Crippen LogP contribution in [0.4, 0.5) is 0 Å². The molecule has 1 aromatic rings. The Hall–Kier alpha value is 0.110. The van der Waals surface area contributed by atoms with E-state index in [9.17, 15) is 19.2 Å². The Kier molecular flexibility index (Phi) is 6.06. The first-order chi connectivity index (χ1) is 8.68. The predicted octanol–water partition coefficient (Wildman–Crippen LogP) is 4.48. The van der Waals surface area contributed by atoms with Crippen LogP contribution in [0.3, 0.4) is 0 Å². The van der Waals surface area contributed by atoms with E-state index in [1.54, 1.807) is 0 Å². The van der Waals surface area contributed by atoms with Crippen molar-refractivity contribution in [2.75, 3.05) is 0 Å². The van der Waals surface area contributed by atoms with E-state index in [1.165, 1.54) is 0 Å². The lowest BCUT2D eigenvalue weighted by molar-refractivity contribution is 0.105. The normalized spacial score (nSPS) is 10.2. The monoisotopic (exact) mass is 536 g/mol. The van der Waals surface area contributed by atoms with E-state index in [0.717, 1.165) is 6.07 Å². The molecule has 0 spiro atoms. The van der Waals surface area contributed by atoms with Gasteiger partial charge in [-0.15, -0.1) is 0 Å². The Labute approximate surface area is 145 Å². The molecule has 0 fully saturated rings. The van der Waals surface area contributed by atoms with Crippen molar-refractivity contribution in [1.82, 2.24) is 0 Å². The SMILES string of the molecule is O=C(Br)c1cc(C(=O)Br)c(C(=O)Br)c(Cl)c1C(=O)Br. The molecule has 0 aliphatic heterocycles. The maximum Gasteiger partial charge on any atom is 0.230 e. The van der Waals surface area contributed by atoms with Crippen LogP contribution in [0.1, 0.15) is 41.4 Å². The molecule has 0 heterocycles. The summed E-state index contributed by atoms with van der Waals surface area (Å²) < 4.78 is -2.63. The maximum absolute atomic E-state index is 11.5. The number of halogens is 5. The van der Waals surface area contributed by atoms with Crippen LogP contribution in [0.2, 0.25) is 5.02 Å². The summed E-state index contributed by atoms with van der Waals surface area (Å²) >= 11 is 16.7. The summed E-state index contributed by atoms with van der Waals surface area (Å²) in [5.74, 6) is 0. The number of hydrogen-bond donors (Lipinski definition) is 0. The van der Waals surface area contributed by atoms with Gasteiger partial charge in [0.05, 0.1) is 16.1 Å². The smallest absolute Gasteiger partial charge is 0.230 e. The molecule has 0 atom stereocenters. The maximum atomic E-state index is 11.5. The van der Waals surface area contributed by atoms with Crippen LogP contribution >= 0.6 is 75.3 Å². The van der Waals surface area contributed by atoms with Crippen molar-refractivity contribution in [1.29, 1.82) is 0 Å². The van der Waals surface area contributed by atoms with Crippen LogP contribution in [0.25, 0.3) is 0 Å². The highest BCUT2D eigenvalue weighted by atomic mass is 79.9. The van der Waals surface area contributed by atoms with Gasteiger partial charge in [0.2, 0.25) is 18.8 Å². The lowest BCUT2D eigenvalue weighted by Crippen LogP contribution is -2.10. The Balaban J connectivity index is 3.91. The molecule has 0 radical (unpaired) electrons. The minimum atomic E-state index is -0.677. The van der Waals surface area contributed by atoms with Gasteiger partial charge in [-0.25, -0.2) is 0 Å². The molecule has 0 aliphatic carbocycles. The number of carbonyl (C=O) groups is 4. The van der Waals surface area contributed by atoms with Crippen molar-refractivity contribution in [3.05, 3.63) is 33.3 Å². The van der Waals surface area contributed by atoms with Gasteiger partial charge in [-0.05, 0) is 69.8 Å². The van der Waals surface area contributed by atoms with Gasteiger partial charge in [0, 0.05) is 11.1 Å². The Morgan fingerprint density at radius 1 is 0.737 bits per heavy atom. The lowest BCUT2D eigenvalue weighted by Gasteiger charge is -2.11. The molecule has 100 valence electrons. The zero-order chi connectivity index (χ0) is 14.9. The number of benzene rings is 1. The molecular formula is C10HBr4ClO4. The van der Waals surface area contributed by atoms with E-state index in [1.807, 2.05) is 0 Å². The minimum Gasteiger partial charge on any atom is -0.281 e. The number of carbonyl (C=O) groups excluding carboxylic acids is 4. The van der Waals surface area contributed by atoms with Gasteiger partial charge in [-0.1, -0.05) is 11.6 Å². The summed E-state index contributed by atoms with van der Waals surface area (Å²) in [6.45, 7) is 0. The largest absolute Gasteiger partial charge is 0.281 e. The van der Waals surface area contributed by atoms with Gasteiger partial charge in [-0.2, -0.15) is 0 Å². The van der Waals surface area contributed by atoms with Crippen LogP contribution in [0.15, 0.2) is 6.07 Å². The van der Waals surface area contributed by atoms with Crippen molar-refractivity contribution < 1.29 is 19.2 Å². The third-order valence-electron chi connectivity index (χ3n) is 2.08. The fourth-order valence-corrected chi connectivity index (χ4v) is 3.40. The Morgan fingerprint density at radius 3 is 1.26 bits per heavy atom. The van der Waals surface area contributed by atoms with Crippen molar-refractivity contribution in [3.63, 3.8) is 0 Å². The molecular weight excluding hydrogens is 539 g/mol. The van der Waals surface area contributed by atoms with E-state index in [2.05, 4.69) is 63.7 Å². The molecule has 0 N–H and O–H groups in total. The molecule has 4 nitrogen and oxygen atoms in total. The molecule has 9 heteroatoms. The van der Waals surface area contributed by atoms with Crippen LogP contribution in [0.5, 0.6) is 0 Å². The average Bonchev–Trinajstić information content (AvgIpc) is 2.25. The van der Waals surface area contributed by atoms with Crippen molar-refractivity contribution in [3.8, 4) is 0 Å². The second kappa shape index (κ2) is 6.71. The lowest BCUT2D eigenvalue weighted by atomic mass is 10.0. The van der Waals surface area contributed by atoms with E-state index >= 15 is 0 Å². The highest BCUT2D eigenvalue weighted by Crippen LogP contribution is 2.33. The summed E-state index contributed by atoms with van der Waals surface area (Å²) in [6, 6.07) is 1.11. The van der Waals surface area contributed by atoms with Crippen LogP contribution < -0.4 is 0 Å². The van der Waals surface area contributed by atoms with Gasteiger partial charge < -0.3 is 0 Å². The fraction of sp³-hybridized carbons (Fsp3) is 0. The molecule has 0 unspecified atom stereocenters. The zero-order valence-electron chi connectivity index (χ0n) is 8.60. The molecule has 19 heavy (non-hydrogen) atoms. The average molecular weight is 540 g/mol. The van der Waals surface area contributed by atoms with Crippen molar-refractivity contribution in [2.45, 2.75) is 0 Å². The molecule has 0 aliphatic rings. The highest BCUT2D eigenvalue weighted by Gasteiger charge is 2.27. The molecule has 0 saturated heterocycles. The molecule has 0 amide bonds. The van der Waals surface area contributed by atoms with Crippen LogP contribution in [-0.2, 0) is 0 Å². The molecule has 0 saturated carbocycles. The van der Waals surface area contributed by atoms with Gasteiger partial charge in [0.1, 0.15) is 0 Å². The summed E-state index contributed by atoms with van der Waals surface area (Å²) in [6.07, 6.45) is 0. The third kappa shape index (κ3) is 3.60. The zero-order valence-corrected chi connectivity index (χ0v) is 15.7. The molecule has 1 rings (SSSR count). The number of hydrogen-bond acceptors (Lipinski definition) is 4. The predicted molar refractivity (Wildman–Crippen MR) is 84.5 cm³/mol. The quantitative estimate of drug-likeness (QED) is 0.529. The summed E-state index contributed by atoms with van der Waals surface area (Å²) in [4.78, 5) is 45.8. The van der Waals surface area contributed by atoms with E-state index in [-0.39, 0.29) is 27.3 Å².